The Morgan fingerprint density at radius 3 is 2.56 bits per heavy atom. The summed E-state index contributed by atoms with van der Waals surface area (Å²) in [5, 5.41) is 21.3. The van der Waals surface area contributed by atoms with Crippen LogP contribution in [0.5, 0.6) is 0 Å². The predicted molar refractivity (Wildman–Crippen MR) is 70.4 cm³/mol. The van der Waals surface area contributed by atoms with Crippen LogP contribution >= 0.6 is 0 Å². The number of furan rings is 1. The van der Waals surface area contributed by atoms with E-state index < -0.39 is 5.60 Å². The molecule has 3 aromatic rings. The average molecular weight is 242 g/mol. The van der Waals surface area contributed by atoms with Crippen LogP contribution in [0.3, 0.4) is 0 Å². The van der Waals surface area contributed by atoms with E-state index >= 15 is 0 Å². The largest absolute Gasteiger partial charge is 0.456 e. The van der Waals surface area contributed by atoms with E-state index in [4.69, 9.17) is 4.42 Å². The van der Waals surface area contributed by atoms with Gasteiger partial charge in [0.05, 0.1) is 6.61 Å². The van der Waals surface area contributed by atoms with Crippen LogP contribution in [0.2, 0.25) is 0 Å². The van der Waals surface area contributed by atoms with E-state index in [0.717, 1.165) is 21.9 Å². The summed E-state index contributed by atoms with van der Waals surface area (Å²) in [6.07, 6.45) is 0. The Morgan fingerprint density at radius 2 is 1.78 bits per heavy atom. The topological polar surface area (TPSA) is 53.6 Å². The first-order valence-electron chi connectivity index (χ1n) is 5.87. The van der Waals surface area contributed by atoms with Gasteiger partial charge in [0, 0.05) is 10.8 Å². The zero-order valence-corrected chi connectivity index (χ0v) is 10.1. The Balaban J connectivity index is 2.31. The van der Waals surface area contributed by atoms with Gasteiger partial charge in [-0.25, -0.2) is 0 Å². The number of fused-ring (bicyclic) bond motifs is 3. The van der Waals surface area contributed by atoms with Crippen molar-refractivity contribution >= 4 is 21.9 Å². The van der Waals surface area contributed by atoms with Crippen molar-refractivity contribution in [1.82, 2.24) is 0 Å². The maximum absolute atomic E-state index is 10.1. The van der Waals surface area contributed by atoms with E-state index in [0.29, 0.717) is 5.56 Å². The van der Waals surface area contributed by atoms with Crippen molar-refractivity contribution in [3.63, 3.8) is 0 Å². The van der Waals surface area contributed by atoms with Crippen molar-refractivity contribution in [3.8, 4) is 0 Å². The van der Waals surface area contributed by atoms with Gasteiger partial charge in [0.25, 0.3) is 0 Å². The van der Waals surface area contributed by atoms with Gasteiger partial charge in [0.1, 0.15) is 16.8 Å². The molecule has 0 aliphatic rings. The first-order chi connectivity index (χ1) is 8.62. The van der Waals surface area contributed by atoms with E-state index in [-0.39, 0.29) is 6.61 Å². The molecule has 92 valence electrons. The summed E-state index contributed by atoms with van der Waals surface area (Å²) in [5.74, 6) is 0. The second kappa shape index (κ2) is 3.83. The van der Waals surface area contributed by atoms with Crippen molar-refractivity contribution in [2.75, 3.05) is 6.61 Å². The van der Waals surface area contributed by atoms with Crippen LogP contribution in [0.25, 0.3) is 21.9 Å². The lowest BCUT2D eigenvalue weighted by Gasteiger charge is -2.20. The van der Waals surface area contributed by atoms with Gasteiger partial charge in [-0.2, -0.15) is 0 Å². The first-order valence-corrected chi connectivity index (χ1v) is 5.87. The Kier molecular flexibility index (Phi) is 2.40. The highest BCUT2D eigenvalue weighted by atomic mass is 16.3. The van der Waals surface area contributed by atoms with Crippen LogP contribution in [-0.4, -0.2) is 16.8 Å². The second-order valence-corrected chi connectivity index (χ2v) is 4.74. The van der Waals surface area contributed by atoms with E-state index in [9.17, 15) is 10.2 Å². The lowest BCUT2D eigenvalue weighted by Crippen LogP contribution is -2.25. The van der Waals surface area contributed by atoms with Crippen molar-refractivity contribution in [2.24, 2.45) is 0 Å². The SMILES string of the molecule is CC(O)(CO)c1ccc2oc3ccccc3c2c1. The maximum atomic E-state index is 10.1. The fourth-order valence-corrected chi connectivity index (χ4v) is 2.15. The minimum absolute atomic E-state index is 0.311. The van der Waals surface area contributed by atoms with Crippen molar-refractivity contribution in [2.45, 2.75) is 12.5 Å². The molecule has 18 heavy (non-hydrogen) atoms. The summed E-state index contributed by atoms with van der Waals surface area (Å²) in [6, 6.07) is 13.3. The standard InChI is InChI=1S/C15H14O3/c1-15(17,9-16)10-6-7-14-12(8-10)11-4-2-3-5-13(11)18-14/h2-8,16-17H,9H2,1H3. The maximum Gasteiger partial charge on any atom is 0.135 e. The van der Waals surface area contributed by atoms with E-state index in [1.165, 1.54) is 0 Å². The fourth-order valence-electron chi connectivity index (χ4n) is 2.15. The lowest BCUT2D eigenvalue weighted by molar-refractivity contribution is -0.00217. The molecule has 0 radical (unpaired) electrons. The summed E-state index contributed by atoms with van der Waals surface area (Å²) in [4.78, 5) is 0. The van der Waals surface area contributed by atoms with Crippen LogP contribution in [0.15, 0.2) is 46.9 Å². The molecule has 0 fully saturated rings. The third kappa shape index (κ3) is 1.60. The normalized spacial score (nSPS) is 15.1. The van der Waals surface area contributed by atoms with Gasteiger partial charge >= 0.3 is 0 Å². The third-order valence-electron chi connectivity index (χ3n) is 3.31. The van der Waals surface area contributed by atoms with E-state index in [1.54, 1.807) is 13.0 Å². The molecule has 1 atom stereocenters. The summed E-state index contributed by atoms with van der Waals surface area (Å²) in [6.45, 7) is 1.28. The molecule has 3 heteroatoms. The lowest BCUT2D eigenvalue weighted by atomic mass is 9.95. The first kappa shape index (κ1) is 11.3. The molecule has 0 saturated heterocycles. The van der Waals surface area contributed by atoms with Gasteiger partial charge in [-0.05, 0) is 30.7 Å². The smallest absolute Gasteiger partial charge is 0.135 e. The summed E-state index contributed by atoms with van der Waals surface area (Å²) < 4.78 is 5.71. The molecule has 0 spiro atoms. The van der Waals surface area contributed by atoms with E-state index in [1.807, 2.05) is 36.4 Å². The Morgan fingerprint density at radius 1 is 1.06 bits per heavy atom. The quantitative estimate of drug-likeness (QED) is 0.726. The van der Waals surface area contributed by atoms with Crippen LogP contribution in [0.1, 0.15) is 12.5 Å². The van der Waals surface area contributed by atoms with Crippen molar-refractivity contribution < 1.29 is 14.6 Å². The summed E-state index contributed by atoms with van der Waals surface area (Å²) in [7, 11) is 0. The zero-order valence-electron chi connectivity index (χ0n) is 10.1. The molecule has 2 aromatic carbocycles. The Labute approximate surface area is 104 Å². The van der Waals surface area contributed by atoms with E-state index in [2.05, 4.69) is 0 Å². The zero-order chi connectivity index (χ0) is 12.8. The molecule has 2 N–H and O–H groups in total. The third-order valence-corrected chi connectivity index (χ3v) is 3.31. The highest BCUT2D eigenvalue weighted by molar-refractivity contribution is 6.05. The molecule has 0 aliphatic carbocycles. The van der Waals surface area contributed by atoms with Gasteiger partial charge in [0.2, 0.25) is 0 Å². The van der Waals surface area contributed by atoms with Crippen LogP contribution < -0.4 is 0 Å². The average Bonchev–Trinajstić information content (AvgIpc) is 2.76. The number of benzene rings is 2. The van der Waals surface area contributed by atoms with Gasteiger partial charge in [-0.15, -0.1) is 0 Å². The number of para-hydroxylation sites is 1. The number of hydrogen-bond acceptors (Lipinski definition) is 3. The Bertz CT molecular complexity index is 710. The number of hydrogen-bond donors (Lipinski definition) is 2. The number of rotatable bonds is 2. The molecule has 1 unspecified atom stereocenters. The molecule has 0 bridgehead atoms. The number of aliphatic hydroxyl groups excluding tert-OH is 1. The molecule has 3 nitrogen and oxygen atoms in total. The molecule has 0 amide bonds. The van der Waals surface area contributed by atoms with Crippen molar-refractivity contribution in [1.29, 1.82) is 0 Å². The molecule has 3 rings (SSSR count). The van der Waals surface area contributed by atoms with Gasteiger partial charge in [-0.3, -0.25) is 0 Å². The molecule has 1 heterocycles. The molecular formula is C15H14O3. The van der Waals surface area contributed by atoms with Gasteiger partial charge in [0.15, 0.2) is 0 Å². The van der Waals surface area contributed by atoms with Gasteiger partial charge in [-0.1, -0.05) is 24.3 Å². The van der Waals surface area contributed by atoms with Crippen LogP contribution in [-0.2, 0) is 5.60 Å². The molecule has 0 saturated carbocycles. The highest BCUT2D eigenvalue weighted by Gasteiger charge is 2.22. The molecule has 1 aromatic heterocycles. The highest BCUT2D eigenvalue weighted by Crippen LogP contribution is 2.31. The monoisotopic (exact) mass is 242 g/mol. The minimum Gasteiger partial charge on any atom is -0.456 e. The van der Waals surface area contributed by atoms with Crippen LogP contribution in [0, 0.1) is 0 Å². The predicted octanol–water partition coefficient (Wildman–Crippen LogP) is 2.79. The summed E-state index contributed by atoms with van der Waals surface area (Å²) in [5.41, 5.74) is 1.07. The van der Waals surface area contributed by atoms with Crippen molar-refractivity contribution in [3.05, 3.63) is 48.0 Å². The van der Waals surface area contributed by atoms with Crippen LogP contribution in [0.4, 0.5) is 0 Å². The molecular weight excluding hydrogens is 228 g/mol. The number of aliphatic hydroxyl groups is 2. The minimum atomic E-state index is -1.23. The molecule has 0 aliphatic heterocycles. The van der Waals surface area contributed by atoms with Gasteiger partial charge < -0.3 is 14.6 Å². The second-order valence-electron chi connectivity index (χ2n) is 4.74. The fraction of sp³-hybridized carbons (Fsp3) is 0.200. The Hall–Kier alpha value is -1.84. The summed E-state index contributed by atoms with van der Waals surface area (Å²) >= 11 is 0.